The highest BCUT2D eigenvalue weighted by molar-refractivity contribution is 7.89. The topological polar surface area (TPSA) is 101 Å². The Bertz CT molecular complexity index is 1300. The number of aromatic amines is 1. The first-order chi connectivity index (χ1) is 15.1. The summed E-state index contributed by atoms with van der Waals surface area (Å²) in [6.45, 7) is 8.34. The molecule has 4 rings (SSSR count). The molecule has 4 aromatic rings. The molecule has 0 radical (unpaired) electrons. The molecule has 0 unspecified atom stereocenters. The van der Waals surface area contributed by atoms with Gasteiger partial charge in [-0.25, -0.2) is 13.1 Å². The van der Waals surface area contributed by atoms with Gasteiger partial charge >= 0.3 is 0 Å². The predicted octanol–water partition coefficient (Wildman–Crippen LogP) is 4.92. The van der Waals surface area contributed by atoms with E-state index >= 15 is 0 Å². The molecule has 0 saturated carbocycles. The molecule has 0 spiro atoms. The highest BCUT2D eigenvalue weighted by atomic mass is 32.2. The van der Waals surface area contributed by atoms with Gasteiger partial charge in [0.05, 0.1) is 15.5 Å². The van der Waals surface area contributed by atoms with Crippen molar-refractivity contribution in [1.29, 1.82) is 0 Å². The highest BCUT2D eigenvalue weighted by Gasteiger charge is 2.21. The van der Waals surface area contributed by atoms with Crippen LogP contribution in [0.3, 0.4) is 0 Å². The van der Waals surface area contributed by atoms with Crippen LogP contribution in [0.15, 0.2) is 57.3 Å². The van der Waals surface area contributed by atoms with E-state index in [-0.39, 0.29) is 16.9 Å². The molecule has 9 heteroatoms. The van der Waals surface area contributed by atoms with E-state index in [1.54, 1.807) is 23.5 Å². The molecule has 1 aromatic carbocycles. The first-order valence-electron chi connectivity index (χ1n) is 10.3. The Labute approximate surface area is 191 Å². The molecule has 0 saturated heterocycles. The molecule has 168 valence electrons. The molecule has 3 heterocycles. The van der Waals surface area contributed by atoms with E-state index in [1.165, 1.54) is 0 Å². The van der Waals surface area contributed by atoms with E-state index in [1.807, 2.05) is 42.6 Å². The maximum absolute atomic E-state index is 12.8. The smallest absolute Gasteiger partial charge is 0.240 e. The first-order valence-corrected chi connectivity index (χ1v) is 12.7. The Balaban J connectivity index is 1.55. The van der Waals surface area contributed by atoms with Gasteiger partial charge in [0.1, 0.15) is 17.1 Å². The van der Waals surface area contributed by atoms with Gasteiger partial charge in [0.15, 0.2) is 0 Å². The van der Waals surface area contributed by atoms with Gasteiger partial charge in [-0.3, -0.25) is 5.10 Å². The molecule has 0 bridgehead atoms. The summed E-state index contributed by atoms with van der Waals surface area (Å²) in [6, 6.07) is 12.8. The molecule has 3 aromatic heterocycles. The van der Waals surface area contributed by atoms with Crippen LogP contribution in [0.25, 0.3) is 22.0 Å². The highest BCUT2D eigenvalue weighted by Crippen LogP contribution is 2.32. The van der Waals surface area contributed by atoms with E-state index in [0.29, 0.717) is 17.9 Å². The lowest BCUT2D eigenvalue weighted by Crippen LogP contribution is -2.26. The van der Waals surface area contributed by atoms with E-state index in [0.717, 1.165) is 27.4 Å². The van der Waals surface area contributed by atoms with E-state index in [4.69, 9.17) is 4.52 Å². The second-order valence-electron chi connectivity index (χ2n) is 8.65. The number of thiophene rings is 1. The van der Waals surface area contributed by atoms with Gasteiger partial charge in [-0.2, -0.15) is 5.10 Å². The summed E-state index contributed by atoms with van der Waals surface area (Å²) in [5.74, 6) is 0.692. The number of hydrogen-bond acceptors (Lipinski definition) is 6. The number of sulfonamides is 1. The molecule has 2 N–H and O–H groups in total. The number of hydrogen-bond donors (Lipinski definition) is 2. The van der Waals surface area contributed by atoms with Crippen molar-refractivity contribution in [2.24, 2.45) is 0 Å². The van der Waals surface area contributed by atoms with Crippen LogP contribution in [0.5, 0.6) is 0 Å². The van der Waals surface area contributed by atoms with E-state index in [9.17, 15) is 8.42 Å². The minimum absolute atomic E-state index is 0.0366. The van der Waals surface area contributed by atoms with Crippen LogP contribution in [0.2, 0.25) is 0 Å². The Morgan fingerprint density at radius 1 is 1.16 bits per heavy atom. The normalized spacial score (nSPS) is 12.4. The van der Waals surface area contributed by atoms with Crippen molar-refractivity contribution in [2.45, 2.75) is 44.4 Å². The number of nitrogens with zero attached hydrogens (tertiary/aromatic N) is 2. The zero-order valence-electron chi connectivity index (χ0n) is 18.5. The Kier molecular flexibility index (Phi) is 6.07. The molecule has 0 amide bonds. The Hall–Kier alpha value is -2.75. The van der Waals surface area contributed by atoms with E-state index < -0.39 is 10.0 Å². The second-order valence-corrected chi connectivity index (χ2v) is 11.4. The fourth-order valence-electron chi connectivity index (χ4n) is 3.45. The maximum Gasteiger partial charge on any atom is 0.240 e. The molecule has 0 fully saturated rings. The molecule has 0 aliphatic rings. The number of aromatic nitrogens is 3. The van der Waals surface area contributed by atoms with Crippen molar-refractivity contribution < 1.29 is 12.9 Å². The van der Waals surface area contributed by atoms with Crippen molar-refractivity contribution >= 4 is 21.4 Å². The summed E-state index contributed by atoms with van der Waals surface area (Å²) >= 11 is 1.58. The van der Waals surface area contributed by atoms with Crippen molar-refractivity contribution in [3.05, 3.63) is 64.7 Å². The monoisotopic (exact) mass is 470 g/mol. The van der Waals surface area contributed by atoms with Gasteiger partial charge in [0.25, 0.3) is 0 Å². The van der Waals surface area contributed by atoms with E-state index in [2.05, 4.69) is 40.8 Å². The van der Waals surface area contributed by atoms with Crippen LogP contribution in [-0.2, 0) is 21.9 Å². The summed E-state index contributed by atoms with van der Waals surface area (Å²) < 4.78 is 33.6. The third-order valence-corrected chi connectivity index (χ3v) is 7.56. The molecular weight excluding hydrogens is 444 g/mol. The van der Waals surface area contributed by atoms with Crippen molar-refractivity contribution in [3.8, 4) is 22.0 Å². The molecule has 0 atom stereocenters. The lowest BCUT2D eigenvalue weighted by atomic mass is 9.87. The average molecular weight is 471 g/mol. The number of H-pyrrole nitrogens is 1. The average Bonchev–Trinajstić information content (AvgIpc) is 3.48. The number of rotatable bonds is 7. The Morgan fingerprint density at radius 3 is 2.50 bits per heavy atom. The third-order valence-electron chi connectivity index (χ3n) is 5.20. The number of benzene rings is 1. The number of aryl methyl sites for hydroxylation is 1. The Morgan fingerprint density at radius 2 is 1.91 bits per heavy atom. The standard InChI is InChI=1S/C23H26N4O3S2/c1-15-14-19(27-30-15)21-18(22(26-25-21)20-6-5-13-31-20)11-12-24-32(28,29)17-9-7-16(8-10-17)23(2,3)4/h5-10,13-14,24H,11-12H2,1-4H3,(H,25,26). The fourth-order valence-corrected chi connectivity index (χ4v) is 5.22. The van der Waals surface area contributed by atoms with Crippen LogP contribution in [-0.4, -0.2) is 30.3 Å². The lowest BCUT2D eigenvalue weighted by Gasteiger charge is -2.19. The molecular formula is C23H26N4O3S2. The summed E-state index contributed by atoms with van der Waals surface area (Å²) in [5, 5.41) is 13.6. The van der Waals surface area contributed by atoms with Crippen molar-refractivity contribution in [3.63, 3.8) is 0 Å². The molecule has 7 nitrogen and oxygen atoms in total. The SMILES string of the molecule is Cc1cc(-c2[nH]nc(-c3cccs3)c2CCNS(=O)(=O)c2ccc(C(C)(C)C)cc2)no1. The van der Waals surface area contributed by atoms with Crippen LogP contribution in [0.4, 0.5) is 0 Å². The summed E-state index contributed by atoms with van der Waals surface area (Å²) in [5.41, 5.74) is 4.12. The first kappa shape index (κ1) is 22.4. The van der Waals surface area contributed by atoms with Gasteiger partial charge in [-0.15, -0.1) is 11.3 Å². The molecule has 32 heavy (non-hydrogen) atoms. The maximum atomic E-state index is 12.8. The lowest BCUT2D eigenvalue weighted by molar-refractivity contribution is 0.399. The van der Waals surface area contributed by atoms with Crippen LogP contribution in [0.1, 0.15) is 37.7 Å². The van der Waals surface area contributed by atoms with Crippen LogP contribution >= 0.6 is 11.3 Å². The summed E-state index contributed by atoms with van der Waals surface area (Å²) in [4.78, 5) is 1.26. The van der Waals surface area contributed by atoms with Crippen LogP contribution < -0.4 is 4.72 Å². The van der Waals surface area contributed by atoms with Gasteiger partial charge in [-0.05, 0) is 47.9 Å². The fraction of sp³-hybridized carbons (Fsp3) is 0.304. The van der Waals surface area contributed by atoms with Crippen LogP contribution in [0, 0.1) is 6.92 Å². The zero-order chi connectivity index (χ0) is 22.9. The van der Waals surface area contributed by atoms with Crippen molar-refractivity contribution in [1.82, 2.24) is 20.1 Å². The zero-order valence-corrected chi connectivity index (χ0v) is 20.1. The number of nitrogens with one attached hydrogen (secondary N) is 2. The minimum Gasteiger partial charge on any atom is -0.361 e. The van der Waals surface area contributed by atoms with Gasteiger partial charge in [0, 0.05) is 18.2 Å². The molecule has 0 aliphatic carbocycles. The quantitative estimate of drug-likeness (QED) is 0.399. The van der Waals surface area contributed by atoms with Gasteiger partial charge in [-0.1, -0.05) is 44.1 Å². The predicted molar refractivity (Wildman–Crippen MR) is 126 cm³/mol. The summed E-state index contributed by atoms with van der Waals surface area (Å²) in [7, 11) is -3.63. The third kappa shape index (κ3) is 4.69. The summed E-state index contributed by atoms with van der Waals surface area (Å²) in [6.07, 6.45) is 0.449. The molecule has 0 aliphatic heterocycles. The second kappa shape index (κ2) is 8.65. The largest absolute Gasteiger partial charge is 0.361 e. The van der Waals surface area contributed by atoms with Gasteiger partial charge < -0.3 is 4.52 Å². The minimum atomic E-state index is -3.63. The van der Waals surface area contributed by atoms with Crippen molar-refractivity contribution in [2.75, 3.05) is 6.54 Å². The van der Waals surface area contributed by atoms with Gasteiger partial charge in [0.2, 0.25) is 10.0 Å².